The molecule has 1 aliphatic heterocycles. The minimum atomic E-state index is -0.371. The number of likely N-dealkylation sites (N-methyl/N-ethyl adjacent to an activating group) is 1. The van der Waals surface area contributed by atoms with Gasteiger partial charge in [-0.15, -0.1) is 12.4 Å². The lowest BCUT2D eigenvalue weighted by molar-refractivity contribution is -0.141. The SMILES string of the molecule is CNC(=O)CN1C[C@H](NC(=O)C2(COC)CCC2)[C@@H](c2ccccc2)C1.Cl. The van der Waals surface area contributed by atoms with Gasteiger partial charge in [-0.05, 0) is 18.4 Å². The Bertz CT molecular complexity index is 637. The lowest BCUT2D eigenvalue weighted by Crippen LogP contribution is -2.53. The average molecular weight is 396 g/mol. The van der Waals surface area contributed by atoms with E-state index in [9.17, 15) is 9.59 Å². The summed E-state index contributed by atoms with van der Waals surface area (Å²) in [7, 11) is 3.30. The van der Waals surface area contributed by atoms with Gasteiger partial charge in [-0.2, -0.15) is 0 Å². The normalized spacial score (nSPS) is 23.8. The summed E-state index contributed by atoms with van der Waals surface area (Å²) in [5.74, 6) is 0.279. The predicted molar refractivity (Wildman–Crippen MR) is 107 cm³/mol. The number of carbonyl (C=O) groups excluding carboxylic acids is 2. The molecule has 27 heavy (non-hydrogen) atoms. The molecule has 2 aliphatic rings. The third-order valence-corrected chi connectivity index (χ3v) is 5.80. The minimum Gasteiger partial charge on any atom is -0.384 e. The summed E-state index contributed by atoms with van der Waals surface area (Å²) in [5, 5.41) is 5.96. The van der Waals surface area contributed by atoms with E-state index < -0.39 is 0 Å². The van der Waals surface area contributed by atoms with Crippen LogP contribution in [0, 0.1) is 5.41 Å². The van der Waals surface area contributed by atoms with Gasteiger partial charge in [0.15, 0.2) is 0 Å². The molecule has 150 valence electrons. The Morgan fingerprint density at radius 3 is 2.48 bits per heavy atom. The van der Waals surface area contributed by atoms with E-state index in [2.05, 4.69) is 27.7 Å². The molecular weight excluding hydrogens is 366 g/mol. The van der Waals surface area contributed by atoms with Gasteiger partial charge in [0.2, 0.25) is 11.8 Å². The molecule has 1 saturated carbocycles. The molecule has 1 aromatic carbocycles. The number of nitrogens with zero attached hydrogens (tertiary/aromatic N) is 1. The number of hydrogen-bond acceptors (Lipinski definition) is 4. The minimum absolute atomic E-state index is 0. The van der Waals surface area contributed by atoms with Gasteiger partial charge in [0.1, 0.15) is 0 Å². The second-order valence-electron chi connectivity index (χ2n) is 7.53. The smallest absolute Gasteiger partial charge is 0.233 e. The van der Waals surface area contributed by atoms with E-state index in [0.717, 1.165) is 25.8 Å². The Balaban J connectivity index is 0.00000261. The molecule has 0 radical (unpaired) electrons. The lowest BCUT2D eigenvalue weighted by Gasteiger charge is -2.40. The molecule has 7 heteroatoms. The van der Waals surface area contributed by atoms with Crippen LogP contribution in [0.15, 0.2) is 30.3 Å². The van der Waals surface area contributed by atoms with E-state index in [0.29, 0.717) is 19.7 Å². The summed E-state index contributed by atoms with van der Waals surface area (Å²) in [6.45, 7) is 2.28. The zero-order chi connectivity index (χ0) is 18.6. The molecule has 0 spiro atoms. The van der Waals surface area contributed by atoms with Gasteiger partial charge in [0.05, 0.1) is 18.6 Å². The van der Waals surface area contributed by atoms with Crippen molar-refractivity contribution in [2.24, 2.45) is 5.41 Å². The second kappa shape index (κ2) is 9.53. The van der Waals surface area contributed by atoms with Gasteiger partial charge in [-0.3, -0.25) is 14.5 Å². The number of amides is 2. The second-order valence-corrected chi connectivity index (χ2v) is 7.53. The van der Waals surface area contributed by atoms with Crippen LogP contribution in [0.5, 0.6) is 0 Å². The molecule has 6 nitrogen and oxygen atoms in total. The number of benzene rings is 1. The van der Waals surface area contributed by atoms with Crippen molar-refractivity contribution in [1.29, 1.82) is 0 Å². The summed E-state index contributed by atoms with van der Waals surface area (Å²) < 4.78 is 5.31. The van der Waals surface area contributed by atoms with Crippen LogP contribution in [0.3, 0.4) is 0 Å². The van der Waals surface area contributed by atoms with Crippen LogP contribution in [0.4, 0.5) is 0 Å². The summed E-state index contributed by atoms with van der Waals surface area (Å²) in [4.78, 5) is 26.9. The number of likely N-dealkylation sites (tertiary alicyclic amines) is 1. The molecule has 0 aromatic heterocycles. The van der Waals surface area contributed by atoms with Crippen LogP contribution in [0.2, 0.25) is 0 Å². The van der Waals surface area contributed by atoms with Crippen LogP contribution in [-0.2, 0) is 14.3 Å². The van der Waals surface area contributed by atoms with Gasteiger partial charge in [-0.25, -0.2) is 0 Å². The van der Waals surface area contributed by atoms with Crippen molar-refractivity contribution in [2.45, 2.75) is 31.2 Å². The maximum absolute atomic E-state index is 13.0. The van der Waals surface area contributed by atoms with Crippen LogP contribution in [0.25, 0.3) is 0 Å². The number of nitrogens with one attached hydrogen (secondary N) is 2. The van der Waals surface area contributed by atoms with Crippen molar-refractivity contribution in [3.8, 4) is 0 Å². The molecule has 2 atom stereocenters. The highest BCUT2D eigenvalue weighted by atomic mass is 35.5. The van der Waals surface area contributed by atoms with Crippen molar-refractivity contribution in [3.05, 3.63) is 35.9 Å². The molecule has 0 unspecified atom stereocenters. The topological polar surface area (TPSA) is 70.7 Å². The average Bonchev–Trinajstić information content (AvgIpc) is 3.00. The van der Waals surface area contributed by atoms with E-state index in [-0.39, 0.29) is 41.6 Å². The van der Waals surface area contributed by atoms with Gasteiger partial charge >= 0.3 is 0 Å². The van der Waals surface area contributed by atoms with E-state index in [1.807, 2.05) is 18.2 Å². The number of rotatable bonds is 7. The summed E-state index contributed by atoms with van der Waals surface area (Å²) in [5.41, 5.74) is 0.830. The number of halogens is 1. The number of carbonyl (C=O) groups is 2. The van der Waals surface area contributed by atoms with Gasteiger partial charge in [-0.1, -0.05) is 36.8 Å². The molecule has 2 amide bonds. The monoisotopic (exact) mass is 395 g/mol. The maximum Gasteiger partial charge on any atom is 0.233 e. The predicted octanol–water partition coefficient (Wildman–Crippen LogP) is 1.56. The summed E-state index contributed by atoms with van der Waals surface area (Å²) in [6, 6.07) is 10.2. The van der Waals surface area contributed by atoms with E-state index in [1.54, 1.807) is 14.2 Å². The van der Waals surface area contributed by atoms with Crippen LogP contribution in [0.1, 0.15) is 30.7 Å². The van der Waals surface area contributed by atoms with E-state index in [1.165, 1.54) is 5.56 Å². The Morgan fingerprint density at radius 1 is 1.22 bits per heavy atom. The molecule has 3 rings (SSSR count). The van der Waals surface area contributed by atoms with Crippen molar-refractivity contribution in [1.82, 2.24) is 15.5 Å². The van der Waals surface area contributed by atoms with Crippen LogP contribution < -0.4 is 10.6 Å². The van der Waals surface area contributed by atoms with Gasteiger partial charge in [0, 0.05) is 39.2 Å². The number of hydrogen-bond donors (Lipinski definition) is 2. The van der Waals surface area contributed by atoms with Crippen molar-refractivity contribution in [3.63, 3.8) is 0 Å². The standard InChI is InChI=1S/C20H29N3O3.ClH/c1-21-18(24)13-23-11-16(15-7-4-3-5-8-15)17(12-23)22-19(25)20(14-26-2)9-6-10-20;/h3-5,7-8,16-17H,6,9-14H2,1-2H3,(H,21,24)(H,22,25);1H/t16-,17+;/m1./s1. The van der Waals surface area contributed by atoms with E-state index >= 15 is 0 Å². The van der Waals surface area contributed by atoms with Crippen molar-refractivity contribution in [2.75, 3.05) is 40.4 Å². The molecule has 1 saturated heterocycles. The molecule has 0 bridgehead atoms. The highest BCUT2D eigenvalue weighted by molar-refractivity contribution is 5.85. The fourth-order valence-electron chi connectivity index (χ4n) is 4.12. The summed E-state index contributed by atoms with van der Waals surface area (Å²) >= 11 is 0. The first-order valence-corrected chi connectivity index (χ1v) is 9.36. The zero-order valence-electron chi connectivity index (χ0n) is 16.1. The highest BCUT2D eigenvalue weighted by Crippen LogP contribution is 2.42. The number of methoxy groups -OCH3 is 1. The Kier molecular flexibility index (Phi) is 7.65. The molecule has 2 fully saturated rings. The first kappa shape index (κ1) is 21.7. The molecule has 1 aliphatic carbocycles. The van der Waals surface area contributed by atoms with Gasteiger partial charge in [0.25, 0.3) is 0 Å². The molecular formula is C20H30ClN3O3. The largest absolute Gasteiger partial charge is 0.384 e. The van der Waals surface area contributed by atoms with Gasteiger partial charge < -0.3 is 15.4 Å². The molecule has 1 heterocycles. The number of ether oxygens (including phenoxy) is 1. The zero-order valence-corrected chi connectivity index (χ0v) is 16.9. The van der Waals surface area contributed by atoms with E-state index in [4.69, 9.17) is 4.74 Å². The molecule has 2 N–H and O–H groups in total. The Labute approximate surface area is 167 Å². The van der Waals surface area contributed by atoms with Crippen LogP contribution in [-0.4, -0.2) is 63.2 Å². The quantitative estimate of drug-likeness (QED) is 0.735. The Morgan fingerprint density at radius 2 is 1.93 bits per heavy atom. The molecule has 1 aromatic rings. The van der Waals surface area contributed by atoms with Crippen molar-refractivity contribution >= 4 is 24.2 Å². The third-order valence-electron chi connectivity index (χ3n) is 5.80. The highest BCUT2D eigenvalue weighted by Gasteiger charge is 2.46. The lowest BCUT2D eigenvalue weighted by atomic mass is 9.68. The summed E-state index contributed by atoms with van der Waals surface area (Å²) in [6.07, 6.45) is 2.85. The Hall–Kier alpha value is -1.63. The maximum atomic E-state index is 13.0. The first-order valence-electron chi connectivity index (χ1n) is 9.36. The van der Waals surface area contributed by atoms with Crippen molar-refractivity contribution < 1.29 is 14.3 Å². The fraction of sp³-hybridized carbons (Fsp3) is 0.600. The van der Waals surface area contributed by atoms with Crippen LogP contribution >= 0.6 is 12.4 Å². The third kappa shape index (κ3) is 4.81. The first-order chi connectivity index (χ1) is 12.6. The fourth-order valence-corrected chi connectivity index (χ4v) is 4.12.